The maximum absolute atomic E-state index is 11.2. The first kappa shape index (κ1) is 18.1. The van der Waals surface area contributed by atoms with E-state index in [1.807, 2.05) is 0 Å². The third-order valence-electron chi connectivity index (χ3n) is 1.78. The minimum atomic E-state index is -0.495. The van der Waals surface area contributed by atoms with Crippen molar-refractivity contribution in [1.82, 2.24) is 4.98 Å². The molecule has 0 spiro atoms. The quantitative estimate of drug-likeness (QED) is 0.701. The summed E-state index contributed by atoms with van der Waals surface area (Å²) < 4.78 is 4.54. The summed E-state index contributed by atoms with van der Waals surface area (Å²) in [5, 5.41) is 2.95. The number of rotatable bonds is 4. The summed E-state index contributed by atoms with van der Waals surface area (Å²) in [6, 6.07) is 3.21. The third-order valence-corrected chi connectivity index (χ3v) is 1.78. The minimum absolute atomic E-state index is 0. The van der Waals surface area contributed by atoms with Crippen molar-refractivity contribution in [2.45, 2.75) is 0 Å². The van der Waals surface area contributed by atoms with E-state index in [2.05, 4.69) is 15.0 Å². The largest absolute Gasteiger partial charge is 0.465 e. The Morgan fingerprint density at radius 3 is 2.59 bits per heavy atom. The Hall–Kier alpha value is -1.24. The SMILES string of the molecule is COC(=O)c1ccc(NCCN)nc1N.Cl.Cl. The number of carbonyl (C=O) groups excluding carboxylic acids is 1. The van der Waals surface area contributed by atoms with Gasteiger partial charge in [0.2, 0.25) is 0 Å². The van der Waals surface area contributed by atoms with E-state index in [9.17, 15) is 4.79 Å². The molecule has 5 N–H and O–H groups in total. The van der Waals surface area contributed by atoms with Gasteiger partial charge < -0.3 is 21.5 Å². The van der Waals surface area contributed by atoms with Crippen molar-refractivity contribution >= 4 is 42.4 Å². The lowest BCUT2D eigenvalue weighted by molar-refractivity contribution is 0.0601. The topological polar surface area (TPSA) is 103 Å². The third kappa shape index (κ3) is 5.08. The van der Waals surface area contributed by atoms with Crippen LogP contribution in [-0.2, 0) is 4.74 Å². The fraction of sp³-hybridized carbons (Fsp3) is 0.333. The van der Waals surface area contributed by atoms with Crippen molar-refractivity contribution in [1.29, 1.82) is 0 Å². The predicted octanol–water partition coefficient (Wildman–Crippen LogP) is 0.665. The van der Waals surface area contributed by atoms with Crippen LogP contribution >= 0.6 is 24.8 Å². The molecule has 0 radical (unpaired) electrons. The number of halogens is 2. The molecule has 0 aromatic carbocycles. The van der Waals surface area contributed by atoms with Crippen LogP contribution in [0.4, 0.5) is 11.6 Å². The maximum Gasteiger partial charge on any atom is 0.341 e. The van der Waals surface area contributed by atoms with Crippen LogP contribution in [0, 0.1) is 0 Å². The highest BCUT2D eigenvalue weighted by molar-refractivity contribution is 5.94. The second-order valence-corrected chi connectivity index (χ2v) is 2.84. The van der Waals surface area contributed by atoms with Crippen LogP contribution in [0.15, 0.2) is 12.1 Å². The number of esters is 1. The van der Waals surface area contributed by atoms with Crippen LogP contribution in [0.1, 0.15) is 10.4 Å². The van der Waals surface area contributed by atoms with Gasteiger partial charge in [-0.1, -0.05) is 0 Å². The predicted molar refractivity (Wildman–Crippen MR) is 72.0 cm³/mol. The van der Waals surface area contributed by atoms with Gasteiger partial charge in [0.1, 0.15) is 17.2 Å². The average molecular weight is 283 g/mol. The highest BCUT2D eigenvalue weighted by atomic mass is 35.5. The highest BCUT2D eigenvalue weighted by Gasteiger charge is 2.10. The first-order valence-corrected chi connectivity index (χ1v) is 4.47. The molecule has 0 aliphatic rings. The van der Waals surface area contributed by atoms with Gasteiger partial charge in [-0.15, -0.1) is 24.8 Å². The zero-order valence-corrected chi connectivity index (χ0v) is 10.9. The van der Waals surface area contributed by atoms with Gasteiger partial charge >= 0.3 is 5.97 Å². The number of nitrogen functional groups attached to an aromatic ring is 1. The standard InChI is InChI=1S/C9H14N4O2.2ClH/c1-15-9(14)6-2-3-7(12-5-4-10)13-8(6)11;;/h2-3H,4-5,10H2,1H3,(H3,11,12,13);2*1H. The summed E-state index contributed by atoms with van der Waals surface area (Å²) in [5.74, 6) is 0.236. The van der Waals surface area contributed by atoms with Crippen molar-refractivity contribution in [3.05, 3.63) is 17.7 Å². The number of pyridine rings is 1. The van der Waals surface area contributed by atoms with E-state index in [1.54, 1.807) is 12.1 Å². The molecule has 0 amide bonds. The van der Waals surface area contributed by atoms with E-state index < -0.39 is 5.97 Å². The van der Waals surface area contributed by atoms with Gasteiger partial charge in [-0.2, -0.15) is 0 Å². The smallest absolute Gasteiger partial charge is 0.341 e. The summed E-state index contributed by atoms with van der Waals surface area (Å²) in [4.78, 5) is 15.2. The van der Waals surface area contributed by atoms with Crippen LogP contribution in [0.2, 0.25) is 0 Å². The number of carbonyl (C=O) groups is 1. The highest BCUT2D eigenvalue weighted by Crippen LogP contribution is 2.13. The van der Waals surface area contributed by atoms with Gasteiger partial charge in [0.15, 0.2) is 0 Å². The lowest BCUT2D eigenvalue weighted by atomic mass is 10.2. The molecule has 0 saturated carbocycles. The van der Waals surface area contributed by atoms with E-state index >= 15 is 0 Å². The Morgan fingerprint density at radius 1 is 1.47 bits per heavy atom. The molecule has 17 heavy (non-hydrogen) atoms. The molecule has 0 unspecified atom stereocenters. The molecular formula is C9H16Cl2N4O2. The maximum atomic E-state index is 11.2. The Labute approximate surface area is 112 Å². The summed E-state index contributed by atoms with van der Waals surface area (Å²) in [7, 11) is 1.29. The van der Waals surface area contributed by atoms with Crippen LogP contribution in [0.3, 0.4) is 0 Å². The summed E-state index contributed by atoms with van der Waals surface area (Å²) in [5.41, 5.74) is 11.2. The Kier molecular flexibility index (Phi) is 9.45. The van der Waals surface area contributed by atoms with Crippen molar-refractivity contribution in [3.8, 4) is 0 Å². The molecule has 1 rings (SSSR count). The minimum Gasteiger partial charge on any atom is -0.465 e. The lowest BCUT2D eigenvalue weighted by Crippen LogP contribution is -2.15. The molecule has 0 aliphatic heterocycles. The number of ether oxygens (including phenoxy) is 1. The van der Waals surface area contributed by atoms with Gasteiger partial charge in [-0.3, -0.25) is 0 Å². The van der Waals surface area contributed by atoms with E-state index in [-0.39, 0.29) is 36.2 Å². The van der Waals surface area contributed by atoms with Crippen LogP contribution in [0.25, 0.3) is 0 Å². The Morgan fingerprint density at radius 2 is 2.12 bits per heavy atom. The summed E-state index contributed by atoms with van der Waals surface area (Å²) >= 11 is 0. The van der Waals surface area contributed by atoms with Gasteiger partial charge in [0.05, 0.1) is 7.11 Å². The van der Waals surface area contributed by atoms with Gasteiger partial charge in [-0.25, -0.2) is 9.78 Å². The van der Waals surface area contributed by atoms with E-state index in [4.69, 9.17) is 11.5 Å². The number of aromatic nitrogens is 1. The molecule has 6 nitrogen and oxygen atoms in total. The van der Waals surface area contributed by atoms with E-state index in [1.165, 1.54) is 7.11 Å². The number of nitrogens with one attached hydrogen (secondary N) is 1. The molecule has 98 valence electrons. The lowest BCUT2D eigenvalue weighted by Gasteiger charge is -2.07. The second-order valence-electron chi connectivity index (χ2n) is 2.84. The number of hydrogen-bond donors (Lipinski definition) is 3. The van der Waals surface area contributed by atoms with Crippen LogP contribution in [0.5, 0.6) is 0 Å². The van der Waals surface area contributed by atoms with E-state index in [0.29, 0.717) is 18.9 Å². The first-order chi connectivity index (χ1) is 7.19. The molecule has 0 atom stereocenters. The van der Waals surface area contributed by atoms with E-state index in [0.717, 1.165) is 0 Å². The Bertz CT molecular complexity index is 363. The zero-order valence-electron chi connectivity index (χ0n) is 9.30. The monoisotopic (exact) mass is 282 g/mol. The van der Waals surface area contributed by atoms with Gasteiger partial charge in [0, 0.05) is 13.1 Å². The zero-order chi connectivity index (χ0) is 11.3. The molecule has 0 bridgehead atoms. The van der Waals surface area contributed by atoms with Crippen LogP contribution in [-0.4, -0.2) is 31.2 Å². The van der Waals surface area contributed by atoms with Crippen molar-refractivity contribution in [2.75, 3.05) is 31.2 Å². The van der Waals surface area contributed by atoms with Crippen molar-refractivity contribution < 1.29 is 9.53 Å². The molecule has 8 heteroatoms. The number of nitrogens with zero attached hydrogens (tertiary/aromatic N) is 1. The molecule has 0 saturated heterocycles. The number of methoxy groups -OCH3 is 1. The Balaban J connectivity index is 0. The number of nitrogens with two attached hydrogens (primary N) is 2. The molecule has 1 aromatic rings. The van der Waals surface area contributed by atoms with Gasteiger partial charge in [0.25, 0.3) is 0 Å². The number of hydrogen-bond acceptors (Lipinski definition) is 6. The van der Waals surface area contributed by atoms with Crippen LogP contribution < -0.4 is 16.8 Å². The van der Waals surface area contributed by atoms with Gasteiger partial charge in [-0.05, 0) is 12.1 Å². The second kappa shape index (κ2) is 8.86. The molecular weight excluding hydrogens is 267 g/mol. The molecule has 0 fully saturated rings. The van der Waals surface area contributed by atoms with Crippen molar-refractivity contribution in [2.24, 2.45) is 5.73 Å². The molecule has 0 aliphatic carbocycles. The number of anilines is 2. The average Bonchev–Trinajstić information content (AvgIpc) is 2.25. The summed E-state index contributed by atoms with van der Waals surface area (Å²) in [6.45, 7) is 1.10. The molecule has 1 aromatic heterocycles. The fourth-order valence-electron chi connectivity index (χ4n) is 1.06. The first-order valence-electron chi connectivity index (χ1n) is 4.47. The van der Waals surface area contributed by atoms with Crippen molar-refractivity contribution in [3.63, 3.8) is 0 Å². The summed E-state index contributed by atoms with van der Waals surface area (Å²) in [6.07, 6.45) is 0. The molecule has 1 heterocycles. The fourth-order valence-corrected chi connectivity index (χ4v) is 1.06. The normalized spacial score (nSPS) is 8.59.